The molecular formula is C25H28NO11P. The molecule has 12 nitrogen and oxygen atoms in total. The quantitative estimate of drug-likeness (QED) is 0.274. The Morgan fingerprint density at radius 3 is 1.71 bits per heavy atom. The molecule has 13 heteroatoms. The van der Waals surface area contributed by atoms with Gasteiger partial charge in [0.1, 0.15) is 12.7 Å². The minimum Gasteiger partial charge on any atom is -0.463 e. The van der Waals surface area contributed by atoms with Crippen molar-refractivity contribution in [1.82, 2.24) is 0 Å². The molecule has 3 rings (SSSR count). The first-order valence-corrected chi connectivity index (χ1v) is 13.1. The fraction of sp³-hybridized carbons (Fsp3) is 0.360. The van der Waals surface area contributed by atoms with Crippen LogP contribution in [0, 0.1) is 0 Å². The highest BCUT2D eigenvalue weighted by molar-refractivity contribution is 7.74. The van der Waals surface area contributed by atoms with Crippen LogP contribution in [0.1, 0.15) is 20.8 Å². The van der Waals surface area contributed by atoms with Gasteiger partial charge in [0.05, 0.1) is 0 Å². The molecule has 204 valence electrons. The zero-order chi connectivity index (χ0) is 27.9. The number of amides is 1. The summed E-state index contributed by atoms with van der Waals surface area (Å²) < 4.78 is 47.5. The number of ether oxygens (including phenoxy) is 5. The summed E-state index contributed by atoms with van der Waals surface area (Å²) in [4.78, 5) is 47.3. The van der Waals surface area contributed by atoms with Crippen LogP contribution in [0.25, 0.3) is 0 Å². The van der Waals surface area contributed by atoms with Gasteiger partial charge in [-0.25, -0.2) is 4.79 Å². The molecule has 1 saturated heterocycles. The number of hydrogen-bond acceptors (Lipinski definition) is 11. The number of nitrogens with two attached hydrogens (primary N) is 1. The maximum Gasteiger partial charge on any atom is 0.405 e. The lowest BCUT2D eigenvalue weighted by atomic mass is 9.98. The second-order valence-electron chi connectivity index (χ2n) is 8.22. The molecule has 2 N–H and O–H groups in total. The normalized spacial score (nSPS) is 23.1. The van der Waals surface area contributed by atoms with Crippen molar-refractivity contribution in [2.24, 2.45) is 5.73 Å². The molecule has 0 unspecified atom stereocenters. The van der Waals surface area contributed by atoms with Gasteiger partial charge in [-0.05, 0) is 24.3 Å². The summed E-state index contributed by atoms with van der Waals surface area (Å²) in [5, 5.41) is 0.588. The Kier molecular flexibility index (Phi) is 9.62. The fourth-order valence-corrected chi connectivity index (χ4v) is 6.01. The zero-order valence-corrected chi connectivity index (χ0v) is 21.8. The SMILES string of the molecule is CC(=O)OC[C@H]1O[C@H](OP(=O)(c2ccccc2)c2ccccc2)[C@@H](OC(C)=O)[C@@H](OC(N)=O)[C@@H]1OC(C)=O. The molecule has 0 aliphatic carbocycles. The summed E-state index contributed by atoms with van der Waals surface area (Å²) in [6.45, 7) is 2.85. The molecule has 5 atom stereocenters. The van der Waals surface area contributed by atoms with Gasteiger partial charge in [0.15, 0.2) is 18.3 Å². The van der Waals surface area contributed by atoms with E-state index in [2.05, 4.69) is 0 Å². The number of primary amides is 1. The monoisotopic (exact) mass is 549 g/mol. The average Bonchev–Trinajstić information content (AvgIpc) is 2.86. The van der Waals surface area contributed by atoms with E-state index in [9.17, 15) is 23.7 Å². The van der Waals surface area contributed by atoms with Crippen LogP contribution in [0.5, 0.6) is 0 Å². The molecule has 1 fully saturated rings. The van der Waals surface area contributed by atoms with Crippen molar-refractivity contribution >= 4 is 42.0 Å². The van der Waals surface area contributed by atoms with Crippen molar-refractivity contribution in [1.29, 1.82) is 0 Å². The first-order valence-electron chi connectivity index (χ1n) is 11.5. The van der Waals surface area contributed by atoms with Crippen LogP contribution in [0.4, 0.5) is 4.79 Å². The van der Waals surface area contributed by atoms with Gasteiger partial charge >= 0.3 is 24.0 Å². The van der Waals surface area contributed by atoms with Crippen molar-refractivity contribution in [3.63, 3.8) is 0 Å². The van der Waals surface area contributed by atoms with Gasteiger partial charge in [0.2, 0.25) is 6.29 Å². The van der Waals surface area contributed by atoms with Gasteiger partial charge in [0.25, 0.3) is 7.37 Å². The van der Waals surface area contributed by atoms with E-state index in [0.717, 1.165) is 20.8 Å². The number of benzene rings is 2. The van der Waals surface area contributed by atoms with Crippen LogP contribution in [-0.2, 0) is 47.2 Å². The Balaban J connectivity index is 2.12. The third-order valence-corrected chi connectivity index (χ3v) is 7.80. The van der Waals surface area contributed by atoms with Gasteiger partial charge in [-0.2, -0.15) is 0 Å². The first kappa shape index (κ1) is 28.8. The van der Waals surface area contributed by atoms with E-state index in [4.69, 9.17) is 33.9 Å². The van der Waals surface area contributed by atoms with E-state index in [-0.39, 0.29) is 0 Å². The van der Waals surface area contributed by atoms with Crippen LogP contribution in [0.3, 0.4) is 0 Å². The summed E-state index contributed by atoms with van der Waals surface area (Å²) in [5.74, 6) is -2.31. The van der Waals surface area contributed by atoms with Gasteiger partial charge in [-0.1, -0.05) is 36.4 Å². The third-order valence-electron chi connectivity index (χ3n) is 5.34. The summed E-state index contributed by atoms with van der Waals surface area (Å²) in [5.41, 5.74) is 5.27. The van der Waals surface area contributed by atoms with E-state index < -0.39 is 68.7 Å². The topological polar surface area (TPSA) is 167 Å². The Labute approximate surface area is 218 Å². The lowest BCUT2D eigenvalue weighted by Gasteiger charge is -2.44. The molecule has 1 amide bonds. The summed E-state index contributed by atoms with van der Waals surface area (Å²) in [7, 11) is -3.95. The number of carbonyl (C=O) groups is 4. The average molecular weight is 549 g/mol. The maximum absolute atomic E-state index is 14.5. The molecule has 0 saturated carbocycles. The van der Waals surface area contributed by atoms with Gasteiger partial charge in [0, 0.05) is 31.4 Å². The summed E-state index contributed by atoms with van der Waals surface area (Å²) >= 11 is 0. The van der Waals surface area contributed by atoms with Crippen molar-refractivity contribution in [2.45, 2.75) is 51.5 Å². The van der Waals surface area contributed by atoms with Crippen molar-refractivity contribution < 1.29 is 52.0 Å². The van der Waals surface area contributed by atoms with Crippen LogP contribution in [-0.4, -0.2) is 61.3 Å². The zero-order valence-electron chi connectivity index (χ0n) is 20.9. The highest BCUT2D eigenvalue weighted by Crippen LogP contribution is 2.48. The standard InChI is InChI=1S/C25H28NO11P/c1-15(27)32-14-20-21(33-16(2)28)22(36-25(26)30)23(34-17(3)29)24(35-20)37-38(31,18-10-6-4-7-11-18)19-12-8-5-9-13-19/h4-13,20-24H,14H2,1-3H3,(H2,26,30)/t20-,21-,22+,23+,24-/m1/s1. The Bertz CT molecular complexity index is 1150. The van der Waals surface area contributed by atoms with E-state index in [1.54, 1.807) is 60.7 Å². The highest BCUT2D eigenvalue weighted by Gasteiger charge is 2.54. The summed E-state index contributed by atoms with van der Waals surface area (Å²) in [6.07, 6.45) is -8.81. The van der Waals surface area contributed by atoms with Gasteiger partial charge in [-0.15, -0.1) is 0 Å². The third kappa shape index (κ3) is 7.18. The number of esters is 3. The van der Waals surface area contributed by atoms with Crippen molar-refractivity contribution in [2.75, 3.05) is 6.61 Å². The van der Waals surface area contributed by atoms with Gasteiger partial charge in [-0.3, -0.25) is 23.5 Å². The van der Waals surface area contributed by atoms with Crippen molar-refractivity contribution in [3.8, 4) is 0 Å². The number of rotatable bonds is 9. The molecule has 1 heterocycles. The number of hydrogen-bond donors (Lipinski definition) is 1. The molecule has 2 aromatic carbocycles. The Morgan fingerprint density at radius 1 is 0.763 bits per heavy atom. The maximum atomic E-state index is 14.5. The van der Waals surface area contributed by atoms with Crippen LogP contribution in [0.15, 0.2) is 60.7 Å². The number of carbonyl (C=O) groups excluding carboxylic acids is 4. The molecule has 1 aliphatic rings. The van der Waals surface area contributed by atoms with E-state index in [1.165, 1.54) is 0 Å². The molecule has 0 aromatic heterocycles. The van der Waals surface area contributed by atoms with Crippen LogP contribution < -0.4 is 16.3 Å². The van der Waals surface area contributed by atoms with Crippen LogP contribution in [0.2, 0.25) is 0 Å². The molecule has 1 aliphatic heterocycles. The molecule has 0 bridgehead atoms. The predicted molar refractivity (Wildman–Crippen MR) is 132 cm³/mol. The Morgan fingerprint density at radius 2 is 1.26 bits per heavy atom. The second-order valence-corrected chi connectivity index (χ2v) is 10.6. The molecule has 0 spiro atoms. The summed E-state index contributed by atoms with van der Waals surface area (Å²) in [6, 6.07) is 16.5. The lowest BCUT2D eigenvalue weighted by Crippen LogP contribution is -2.63. The minimum atomic E-state index is -3.95. The van der Waals surface area contributed by atoms with E-state index in [1.807, 2.05) is 0 Å². The molecule has 2 aromatic rings. The lowest BCUT2D eigenvalue weighted by molar-refractivity contribution is -0.284. The predicted octanol–water partition coefficient (Wildman–Crippen LogP) is 1.55. The van der Waals surface area contributed by atoms with Crippen LogP contribution >= 0.6 is 7.37 Å². The smallest absolute Gasteiger partial charge is 0.405 e. The van der Waals surface area contributed by atoms with Crippen molar-refractivity contribution in [3.05, 3.63) is 60.7 Å². The largest absolute Gasteiger partial charge is 0.463 e. The molecular weight excluding hydrogens is 521 g/mol. The highest BCUT2D eigenvalue weighted by atomic mass is 31.2. The molecule has 0 radical (unpaired) electrons. The molecule has 38 heavy (non-hydrogen) atoms. The second kappa shape index (κ2) is 12.7. The first-order chi connectivity index (χ1) is 18.0. The minimum absolute atomic E-state index is 0.294. The Hall–Kier alpha value is -3.73. The van der Waals surface area contributed by atoms with Gasteiger partial charge < -0.3 is 29.4 Å². The van der Waals surface area contributed by atoms with E-state index >= 15 is 0 Å². The fourth-order valence-electron chi connectivity index (χ4n) is 3.88. The van der Waals surface area contributed by atoms with E-state index in [0.29, 0.717) is 10.6 Å².